The van der Waals surface area contributed by atoms with Gasteiger partial charge >= 0.3 is 29.6 Å². The molecular weight excluding hydrogens is 209 g/mol. The Bertz CT molecular complexity index is 262. The Labute approximate surface area is 99.0 Å². The molecule has 1 amide bonds. The maximum absolute atomic E-state index is 10.8. The van der Waals surface area contributed by atoms with Gasteiger partial charge in [0.2, 0.25) is 5.91 Å². The zero-order valence-corrected chi connectivity index (χ0v) is 10.5. The van der Waals surface area contributed by atoms with Gasteiger partial charge in [-0.2, -0.15) is 0 Å². The van der Waals surface area contributed by atoms with Gasteiger partial charge in [0, 0.05) is 14.1 Å². The van der Waals surface area contributed by atoms with Crippen molar-refractivity contribution < 1.29 is 52.4 Å². The molecule has 0 radical (unpaired) electrons. The third-order valence-corrected chi connectivity index (χ3v) is 2.01. The molecule has 1 atom stereocenters. The van der Waals surface area contributed by atoms with Gasteiger partial charge in [-0.25, -0.2) is 8.42 Å². The van der Waals surface area contributed by atoms with Gasteiger partial charge < -0.3 is 14.6 Å². The first-order valence-electron chi connectivity index (χ1n) is 3.08. The Morgan fingerprint density at radius 3 is 2.15 bits per heavy atom. The summed E-state index contributed by atoms with van der Waals surface area (Å²) >= 11 is 0. The van der Waals surface area contributed by atoms with Crippen molar-refractivity contribution >= 4 is 16.0 Å². The molecule has 0 aromatic carbocycles. The van der Waals surface area contributed by atoms with E-state index in [2.05, 4.69) is 0 Å². The Hall–Kier alpha value is 0.340. The summed E-state index contributed by atoms with van der Waals surface area (Å²) in [6.07, 6.45) is -0.696. The van der Waals surface area contributed by atoms with Crippen LogP contribution in [0.5, 0.6) is 0 Å². The predicted octanol–water partition coefficient (Wildman–Crippen LogP) is -4.67. The van der Waals surface area contributed by atoms with Crippen molar-refractivity contribution in [1.82, 2.24) is 4.90 Å². The van der Waals surface area contributed by atoms with Crippen molar-refractivity contribution in [3.8, 4) is 0 Å². The number of hydrogen-bond donors (Lipinski definition) is 1. The van der Waals surface area contributed by atoms with Gasteiger partial charge in [-0.15, -0.1) is 0 Å². The number of rotatable bonds is 3. The number of nitrogens with zero attached hydrogens (tertiary/aromatic N) is 1. The normalized spacial score (nSPS) is 12.9. The topological polar surface area (TPSA) is 97.7 Å². The van der Waals surface area contributed by atoms with Crippen LogP contribution in [0.15, 0.2) is 0 Å². The summed E-state index contributed by atoms with van der Waals surface area (Å²) in [4.78, 5) is 11.9. The van der Waals surface area contributed by atoms with Crippen molar-refractivity contribution in [2.24, 2.45) is 0 Å². The molecule has 0 saturated heterocycles. The van der Waals surface area contributed by atoms with Gasteiger partial charge in [0.15, 0.2) is 5.44 Å². The molecule has 8 heteroatoms. The summed E-state index contributed by atoms with van der Waals surface area (Å²) in [6, 6.07) is 0. The fourth-order valence-electron chi connectivity index (χ4n) is 0.434. The second-order valence-corrected chi connectivity index (χ2v) is 3.97. The summed E-state index contributed by atoms with van der Waals surface area (Å²) in [5, 5.41) is 8.66. The van der Waals surface area contributed by atoms with Crippen LogP contribution >= 0.6 is 0 Å². The van der Waals surface area contributed by atoms with Crippen molar-refractivity contribution in [2.45, 2.75) is 11.9 Å². The first-order valence-corrected chi connectivity index (χ1v) is 4.55. The second-order valence-electron chi connectivity index (χ2n) is 2.44. The van der Waals surface area contributed by atoms with Gasteiger partial charge in [0.1, 0.15) is 10.1 Å². The van der Waals surface area contributed by atoms with E-state index >= 15 is 0 Å². The molecule has 0 aromatic rings. The van der Waals surface area contributed by atoms with E-state index in [1.807, 2.05) is 0 Å². The minimum Gasteiger partial charge on any atom is -0.746 e. The number of carbonyl (C=O) groups excluding carboxylic acids is 1. The van der Waals surface area contributed by atoms with Crippen molar-refractivity contribution in [1.29, 1.82) is 0 Å². The zero-order chi connectivity index (χ0) is 9.94. The van der Waals surface area contributed by atoms with Gasteiger partial charge in [0.05, 0.1) is 6.42 Å². The van der Waals surface area contributed by atoms with Crippen LogP contribution in [0.1, 0.15) is 6.42 Å². The van der Waals surface area contributed by atoms with Gasteiger partial charge in [0.25, 0.3) is 0 Å². The molecule has 1 unspecified atom stereocenters. The van der Waals surface area contributed by atoms with Crippen molar-refractivity contribution in [3.05, 3.63) is 0 Å². The van der Waals surface area contributed by atoms with Gasteiger partial charge in [-0.3, -0.25) is 4.79 Å². The Morgan fingerprint density at radius 2 is 1.92 bits per heavy atom. The summed E-state index contributed by atoms with van der Waals surface area (Å²) in [7, 11) is -1.98. The molecule has 0 heterocycles. The fraction of sp³-hybridized carbons (Fsp3) is 0.800. The largest absolute Gasteiger partial charge is 1.00 e. The number of amides is 1. The number of carbonyl (C=O) groups is 1. The molecule has 0 spiro atoms. The minimum absolute atomic E-state index is 0. The van der Waals surface area contributed by atoms with Crippen LogP contribution in [-0.2, 0) is 14.9 Å². The standard InChI is InChI=1S/C5H11NO5S.Na/c1-6(2)4(7)3-5(8)12(9,10)11;/h5,8H,3H2,1-2H3,(H,9,10,11);/q;+1/p-1. The molecule has 0 bridgehead atoms. The molecule has 1 N–H and O–H groups in total. The number of aliphatic hydroxyl groups is 1. The van der Waals surface area contributed by atoms with E-state index in [1.165, 1.54) is 14.1 Å². The molecule has 0 aliphatic heterocycles. The van der Waals surface area contributed by atoms with Crippen LogP contribution in [0.2, 0.25) is 0 Å². The fourth-order valence-corrected chi connectivity index (χ4v) is 0.781. The molecule has 13 heavy (non-hydrogen) atoms. The SMILES string of the molecule is CN(C)C(=O)CC(O)S(=O)(=O)[O-].[Na+]. The summed E-state index contributed by atoms with van der Waals surface area (Å²) < 4.78 is 30.3. The second kappa shape index (κ2) is 5.94. The molecule has 0 saturated carbocycles. The Balaban J connectivity index is 0. The van der Waals surface area contributed by atoms with Crippen LogP contribution in [0.25, 0.3) is 0 Å². The van der Waals surface area contributed by atoms with Crippen LogP contribution in [-0.4, -0.2) is 48.4 Å². The smallest absolute Gasteiger partial charge is 0.746 e. The Morgan fingerprint density at radius 1 is 1.54 bits per heavy atom. The summed E-state index contributed by atoms with van der Waals surface area (Å²) in [5.41, 5.74) is -2.15. The predicted molar refractivity (Wildman–Crippen MR) is 39.0 cm³/mol. The van der Waals surface area contributed by atoms with Crippen LogP contribution in [0.3, 0.4) is 0 Å². The maximum atomic E-state index is 10.8. The minimum atomic E-state index is -4.77. The third kappa shape index (κ3) is 6.42. The monoisotopic (exact) mass is 219 g/mol. The molecule has 0 fully saturated rings. The van der Waals surface area contributed by atoms with E-state index in [-0.39, 0.29) is 29.6 Å². The van der Waals surface area contributed by atoms with E-state index in [9.17, 15) is 17.8 Å². The maximum Gasteiger partial charge on any atom is 1.00 e. The van der Waals surface area contributed by atoms with E-state index in [1.54, 1.807) is 0 Å². The number of aliphatic hydroxyl groups excluding tert-OH is 1. The first kappa shape index (κ1) is 15.8. The first-order chi connectivity index (χ1) is 5.25. The van der Waals surface area contributed by atoms with Crippen molar-refractivity contribution in [2.75, 3.05) is 14.1 Å². The van der Waals surface area contributed by atoms with Gasteiger partial charge in [-0.1, -0.05) is 0 Å². The molecule has 0 rings (SSSR count). The van der Waals surface area contributed by atoms with Gasteiger partial charge in [-0.05, 0) is 0 Å². The quantitative estimate of drug-likeness (QED) is 0.380. The van der Waals surface area contributed by atoms with E-state index in [4.69, 9.17) is 5.11 Å². The summed E-state index contributed by atoms with van der Waals surface area (Å²) in [6.45, 7) is 0. The van der Waals surface area contributed by atoms with E-state index < -0.39 is 27.9 Å². The molecular formula is C5H10NNaO5S. The van der Waals surface area contributed by atoms with Crippen LogP contribution in [0.4, 0.5) is 0 Å². The molecule has 0 aliphatic carbocycles. The molecule has 0 aliphatic rings. The average Bonchev–Trinajstić information content (AvgIpc) is 1.85. The van der Waals surface area contributed by atoms with E-state index in [0.29, 0.717) is 0 Å². The third-order valence-electron chi connectivity index (χ3n) is 1.18. The molecule has 0 aromatic heterocycles. The Kier molecular flexibility index (Phi) is 7.22. The average molecular weight is 219 g/mol. The zero-order valence-electron chi connectivity index (χ0n) is 7.72. The van der Waals surface area contributed by atoms with Crippen LogP contribution < -0.4 is 29.6 Å². The number of hydrogen-bond acceptors (Lipinski definition) is 5. The summed E-state index contributed by atoms with van der Waals surface area (Å²) in [5.74, 6) is -0.609. The van der Waals surface area contributed by atoms with Crippen molar-refractivity contribution in [3.63, 3.8) is 0 Å². The molecule has 72 valence electrons. The van der Waals surface area contributed by atoms with Crippen LogP contribution in [0, 0.1) is 0 Å². The van der Waals surface area contributed by atoms with E-state index in [0.717, 1.165) is 4.90 Å². The molecule has 6 nitrogen and oxygen atoms in total.